The number of anilines is 1. The summed E-state index contributed by atoms with van der Waals surface area (Å²) >= 11 is 0. The average molecular weight is 377 g/mol. The molecule has 0 unspecified atom stereocenters. The topological polar surface area (TPSA) is 90.3 Å². The minimum absolute atomic E-state index is 0.266. The third kappa shape index (κ3) is 4.15. The zero-order valence-corrected chi connectivity index (χ0v) is 15.5. The molecule has 142 valence electrons. The minimum atomic E-state index is -0.638. The maximum Gasteiger partial charge on any atom is 0.338 e. The molecule has 0 saturated heterocycles. The fraction of sp³-hybridized carbons (Fsp3) is 0.143. The molecule has 0 aliphatic carbocycles. The number of hydrogen-bond donors (Lipinski definition) is 1. The normalized spacial score (nSPS) is 10.4. The second kappa shape index (κ2) is 8.30. The first-order valence-electron chi connectivity index (χ1n) is 8.63. The Labute approximate surface area is 161 Å². The Hall–Kier alpha value is -3.74. The SMILES string of the molecule is Cc1nn(-c2ccccc2)c(C)c1NC(=O)COC(=O)c1ccc(C=O)cc1. The Bertz CT molecular complexity index is 1010. The van der Waals surface area contributed by atoms with E-state index in [4.69, 9.17) is 4.74 Å². The molecule has 7 nitrogen and oxygen atoms in total. The van der Waals surface area contributed by atoms with E-state index in [1.165, 1.54) is 24.3 Å². The van der Waals surface area contributed by atoms with E-state index in [2.05, 4.69) is 10.4 Å². The van der Waals surface area contributed by atoms with Gasteiger partial charge in [-0.2, -0.15) is 5.10 Å². The molecule has 1 heterocycles. The van der Waals surface area contributed by atoms with E-state index in [9.17, 15) is 14.4 Å². The smallest absolute Gasteiger partial charge is 0.338 e. The van der Waals surface area contributed by atoms with Crippen LogP contribution in [0.3, 0.4) is 0 Å². The number of aromatic nitrogens is 2. The number of para-hydroxylation sites is 1. The molecule has 1 aromatic heterocycles. The molecule has 28 heavy (non-hydrogen) atoms. The predicted molar refractivity (Wildman–Crippen MR) is 104 cm³/mol. The number of amides is 1. The lowest BCUT2D eigenvalue weighted by molar-refractivity contribution is -0.119. The van der Waals surface area contributed by atoms with Crippen LogP contribution in [0.25, 0.3) is 5.69 Å². The van der Waals surface area contributed by atoms with Gasteiger partial charge in [-0.25, -0.2) is 9.48 Å². The van der Waals surface area contributed by atoms with Crippen molar-refractivity contribution in [1.29, 1.82) is 0 Å². The van der Waals surface area contributed by atoms with Crippen molar-refractivity contribution in [2.45, 2.75) is 13.8 Å². The van der Waals surface area contributed by atoms with Gasteiger partial charge in [-0.1, -0.05) is 30.3 Å². The molecule has 0 atom stereocenters. The van der Waals surface area contributed by atoms with Crippen LogP contribution in [0.2, 0.25) is 0 Å². The third-order valence-electron chi connectivity index (χ3n) is 4.17. The second-order valence-electron chi connectivity index (χ2n) is 6.16. The first-order valence-corrected chi connectivity index (χ1v) is 8.63. The van der Waals surface area contributed by atoms with Gasteiger partial charge in [0.2, 0.25) is 0 Å². The van der Waals surface area contributed by atoms with E-state index in [1.54, 1.807) is 11.6 Å². The van der Waals surface area contributed by atoms with Crippen molar-refractivity contribution in [3.63, 3.8) is 0 Å². The van der Waals surface area contributed by atoms with E-state index in [0.29, 0.717) is 23.2 Å². The molecule has 0 aliphatic heterocycles. The minimum Gasteiger partial charge on any atom is -0.452 e. The van der Waals surface area contributed by atoms with Gasteiger partial charge in [0.15, 0.2) is 6.61 Å². The quantitative estimate of drug-likeness (QED) is 0.527. The van der Waals surface area contributed by atoms with E-state index >= 15 is 0 Å². The summed E-state index contributed by atoms with van der Waals surface area (Å²) in [7, 11) is 0. The summed E-state index contributed by atoms with van der Waals surface area (Å²) in [5, 5.41) is 7.21. The van der Waals surface area contributed by atoms with Crippen LogP contribution in [0.5, 0.6) is 0 Å². The van der Waals surface area contributed by atoms with Gasteiger partial charge in [0.05, 0.1) is 28.3 Å². The molecule has 2 aromatic carbocycles. The fourth-order valence-electron chi connectivity index (χ4n) is 2.73. The lowest BCUT2D eigenvalue weighted by Gasteiger charge is -2.08. The summed E-state index contributed by atoms with van der Waals surface area (Å²) in [4.78, 5) is 34.9. The molecule has 0 spiro atoms. The maximum atomic E-state index is 12.2. The van der Waals surface area contributed by atoms with Crippen LogP contribution in [-0.2, 0) is 9.53 Å². The Morgan fingerprint density at radius 2 is 1.75 bits per heavy atom. The van der Waals surface area contributed by atoms with Gasteiger partial charge < -0.3 is 10.1 Å². The van der Waals surface area contributed by atoms with Crippen LogP contribution in [0.15, 0.2) is 54.6 Å². The van der Waals surface area contributed by atoms with Crippen molar-refractivity contribution < 1.29 is 19.1 Å². The molecule has 7 heteroatoms. The van der Waals surface area contributed by atoms with Crippen LogP contribution in [-0.4, -0.2) is 34.6 Å². The molecule has 0 aliphatic rings. The van der Waals surface area contributed by atoms with Crippen LogP contribution in [0.4, 0.5) is 5.69 Å². The van der Waals surface area contributed by atoms with Gasteiger partial charge in [-0.15, -0.1) is 0 Å². The van der Waals surface area contributed by atoms with Gasteiger partial charge in [-0.3, -0.25) is 9.59 Å². The molecule has 0 bridgehead atoms. The van der Waals surface area contributed by atoms with E-state index < -0.39 is 18.5 Å². The molecule has 3 rings (SSSR count). The Morgan fingerprint density at radius 1 is 1.07 bits per heavy atom. The average Bonchev–Trinajstić information content (AvgIpc) is 3.01. The lowest BCUT2D eigenvalue weighted by atomic mass is 10.1. The number of aryl methyl sites for hydroxylation is 1. The van der Waals surface area contributed by atoms with Gasteiger partial charge in [0.1, 0.15) is 6.29 Å². The third-order valence-corrected chi connectivity index (χ3v) is 4.17. The van der Waals surface area contributed by atoms with Crippen LogP contribution < -0.4 is 5.32 Å². The van der Waals surface area contributed by atoms with Crippen LogP contribution in [0, 0.1) is 13.8 Å². The van der Waals surface area contributed by atoms with E-state index in [1.807, 2.05) is 37.3 Å². The number of hydrogen-bond acceptors (Lipinski definition) is 5. The summed E-state index contributed by atoms with van der Waals surface area (Å²) in [6.45, 7) is 3.22. The molecular weight excluding hydrogens is 358 g/mol. The number of carbonyl (C=O) groups excluding carboxylic acids is 3. The summed E-state index contributed by atoms with van der Waals surface area (Å²) in [6, 6.07) is 15.5. The van der Waals surface area contributed by atoms with Crippen molar-refractivity contribution in [2.75, 3.05) is 11.9 Å². The number of nitrogens with zero attached hydrogens (tertiary/aromatic N) is 2. The van der Waals surface area contributed by atoms with Gasteiger partial charge >= 0.3 is 5.97 Å². The first-order chi connectivity index (χ1) is 13.5. The number of benzene rings is 2. The van der Waals surface area contributed by atoms with Crippen molar-refractivity contribution >= 4 is 23.9 Å². The molecular formula is C21H19N3O4. The summed E-state index contributed by atoms with van der Waals surface area (Å²) in [5.41, 5.74) is 3.62. The monoisotopic (exact) mass is 377 g/mol. The Morgan fingerprint density at radius 3 is 2.39 bits per heavy atom. The zero-order valence-electron chi connectivity index (χ0n) is 15.5. The molecule has 0 radical (unpaired) electrons. The van der Waals surface area contributed by atoms with Gasteiger partial charge in [-0.05, 0) is 38.1 Å². The highest BCUT2D eigenvalue weighted by Crippen LogP contribution is 2.22. The number of esters is 1. The summed E-state index contributed by atoms with van der Waals surface area (Å²) < 4.78 is 6.78. The van der Waals surface area contributed by atoms with Crippen LogP contribution >= 0.6 is 0 Å². The largest absolute Gasteiger partial charge is 0.452 e. The maximum absolute atomic E-state index is 12.2. The van der Waals surface area contributed by atoms with Crippen molar-refractivity contribution in [1.82, 2.24) is 9.78 Å². The van der Waals surface area contributed by atoms with Gasteiger partial charge in [0, 0.05) is 5.56 Å². The highest BCUT2D eigenvalue weighted by Gasteiger charge is 2.16. The predicted octanol–water partition coefficient (Wildman–Crippen LogP) is 3.10. The van der Waals surface area contributed by atoms with Gasteiger partial charge in [0.25, 0.3) is 5.91 Å². The number of aldehydes is 1. The number of carbonyl (C=O) groups is 3. The highest BCUT2D eigenvalue weighted by molar-refractivity contribution is 5.96. The molecule has 3 aromatic rings. The molecule has 0 saturated carbocycles. The number of nitrogens with one attached hydrogen (secondary N) is 1. The van der Waals surface area contributed by atoms with Crippen molar-refractivity contribution in [2.24, 2.45) is 0 Å². The Kier molecular flexibility index (Phi) is 5.64. The standard InChI is InChI=1S/C21H19N3O4/c1-14-20(15(2)24(23-14)18-6-4-3-5-7-18)22-19(26)13-28-21(27)17-10-8-16(12-25)9-11-17/h3-12H,13H2,1-2H3,(H,22,26). The molecule has 1 N–H and O–H groups in total. The number of rotatable bonds is 6. The Balaban J connectivity index is 1.64. The zero-order chi connectivity index (χ0) is 20.1. The lowest BCUT2D eigenvalue weighted by Crippen LogP contribution is -2.21. The van der Waals surface area contributed by atoms with E-state index in [0.717, 1.165) is 11.4 Å². The highest BCUT2D eigenvalue weighted by atomic mass is 16.5. The first kappa shape index (κ1) is 19.0. The van der Waals surface area contributed by atoms with Crippen molar-refractivity contribution in [3.8, 4) is 5.69 Å². The fourth-order valence-corrected chi connectivity index (χ4v) is 2.73. The molecule has 1 amide bonds. The summed E-state index contributed by atoms with van der Waals surface area (Å²) in [5.74, 6) is -1.10. The molecule has 0 fully saturated rings. The summed E-state index contributed by atoms with van der Waals surface area (Å²) in [6.07, 6.45) is 0.683. The van der Waals surface area contributed by atoms with Crippen LogP contribution in [0.1, 0.15) is 32.1 Å². The second-order valence-corrected chi connectivity index (χ2v) is 6.16. The van der Waals surface area contributed by atoms with E-state index in [-0.39, 0.29) is 5.56 Å². The van der Waals surface area contributed by atoms with Crippen molar-refractivity contribution in [3.05, 3.63) is 77.1 Å². The number of ether oxygens (including phenoxy) is 1.